The summed E-state index contributed by atoms with van der Waals surface area (Å²) in [5.41, 5.74) is 6.00. The van der Waals surface area contributed by atoms with Crippen LogP contribution in [0.15, 0.2) is 18.2 Å². The number of hydrogen-bond acceptors (Lipinski definition) is 4. The first kappa shape index (κ1) is 12.3. The number of anilines is 1. The Hall–Kier alpha value is -1.75. The molecule has 1 aromatic carbocycles. The van der Waals surface area contributed by atoms with Crippen molar-refractivity contribution >= 4 is 29.2 Å². The van der Waals surface area contributed by atoms with E-state index >= 15 is 0 Å². The van der Waals surface area contributed by atoms with Gasteiger partial charge >= 0.3 is 11.9 Å². The lowest BCUT2D eigenvalue weighted by Gasteiger charge is -2.05. The number of benzene rings is 1. The fourth-order valence-electron chi connectivity index (χ4n) is 1.01. The molecule has 0 heterocycles. The number of hydrogen-bond donors (Lipinski definition) is 2. The van der Waals surface area contributed by atoms with Gasteiger partial charge in [0.15, 0.2) is 0 Å². The number of carbonyl (C=O) groups excluding carboxylic acids is 1. The molecule has 86 valence electrons. The van der Waals surface area contributed by atoms with Crippen LogP contribution in [0, 0.1) is 0 Å². The molecule has 0 unspecified atom stereocenters. The van der Waals surface area contributed by atoms with Crippen molar-refractivity contribution in [2.75, 3.05) is 12.3 Å². The first-order valence-electron chi connectivity index (χ1n) is 4.44. The van der Waals surface area contributed by atoms with Crippen LogP contribution < -0.4 is 5.73 Å². The number of esters is 1. The molecule has 0 fully saturated rings. The number of nitrogen functional groups attached to an aromatic ring is 1. The average Bonchev–Trinajstić information content (AvgIpc) is 2.21. The van der Waals surface area contributed by atoms with Gasteiger partial charge in [-0.3, -0.25) is 4.79 Å². The minimum Gasteiger partial charge on any atom is -0.481 e. The van der Waals surface area contributed by atoms with Gasteiger partial charge in [0, 0.05) is 5.69 Å². The zero-order chi connectivity index (χ0) is 12.1. The van der Waals surface area contributed by atoms with Crippen LogP contribution in [-0.4, -0.2) is 23.7 Å². The highest BCUT2D eigenvalue weighted by molar-refractivity contribution is 6.33. The van der Waals surface area contributed by atoms with Crippen molar-refractivity contribution in [1.82, 2.24) is 0 Å². The zero-order valence-corrected chi connectivity index (χ0v) is 9.03. The van der Waals surface area contributed by atoms with Crippen molar-refractivity contribution in [3.63, 3.8) is 0 Å². The molecule has 1 aromatic rings. The van der Waals surface area contributed by atoms with Crippen molar-refractivity contribution in [2.45, 2.75) is 6.42 Å². The van der Waals surface area contributed by atoms with Crippen molar-refractivity contribution in [2.24, 2.45) is 0 Å². The fraction of sp³-hybridized carbons (Fsp3) is 0.200. The Morgan fingerprint density at radius 1 is 1.44 bits per heavy atom. The van der Waals surface area contributed by atoms with E-state index in [4.69, 9.17) is 27.2 Å². The lowest BCUT2D eigenvalue weighted by molar-refractivity contribution is -0.137. The maximum Gasteiger partial charge on any atom is 0.339 e. The molecule has 5 nitrogen and oxygen atoms in total. The van der Waals surface area contributed by atoms with Crippen molar-refractivity contribution in [1.29, 1.82) is 0 Å². The minimum atomic E-state index is -1.04. The van der Waals surface area contributed by atoms with Gasteiger partial charge in [0.1, 0.15) is 6.61 Å². The van der Waals surface area contributed by atoms with Gasteiger partial charge in [-0.1, -0.05) is 11.6 Å². The monoisotopic (exact) mass is 243 g/mol. The Bertz CT molecular complexity index is 419. The molecule has 0 amide bonds. The summed E-state index contributed by atoms with van der Waals surface area (Å²) in [6.07, 6.45) is -0.244. The molecule has 0 spiro atoms. The standard InChI is InChI=1S/C10H10ClNO4/c11-8-2-1-6(12)5-7(8)10(15)16-4-3-9(13)14/h1-2,5H,3-4,12H2,(H,13,14). The molecule has 0 bridgehead atoms. The quantitative estimate of drug-likeness (QED) is 0.619. The number of carboxylic acids is 1. The summed E-state index contributed by atoms with van der Waals surface area (Å²) in [5, 5.41) is 8.58. The second-order valence-electron chi connectivity index (χ2n) is 3.02. The second kappa shape index (κ2) is 5.37. The van der Waals surface area contributed by atoms with Crippen LogP contribution in [0.1, 0.15) is 16.8 Å². The Kier molecular flexibility index (Phi) is 4.13. The van der Waals surface area contributed by atoms with Crippen LogP contribution in [0.4, 0.5) is 5.69 Å². The van der Waals surface area contributed by atoms with E-state index in [0.29, 0.717) is 5.69 Å². The molecule has 0 aliphatic rings. The van der Waals surface area contributed by atoms with E-state index in [9.17, 15) is 9.59 Å². The van der Waals surface area contributed by atoms with Crippen LogP contribution in [0.2, 0.25) is 5.02 Å². The summed E-state index contributed by atoms with van der Waals surface area (Å²) in [6, 6.07) is 4.41. The SMILES string of the molecule is Nc1ccc(Cl)c(C(=O)OCCC(=O)O)c1. The van der Waals surface area contributed by atoms with E-state index in [0.717, 1.165) is 0 Å². The topological polar surface area (TPSA) is 89.6 Å². The van der Waals surface area contributed by atoms with E-state index in [1.807, 2.05) is 0 Å². The molecule has 0 aliphatic heterocycles. The molecule has 0 aliphatic carbocycles. The highest BCUT2D eigenvalue weighted by Gasteiger charge is 2.12. The van der Waals surface area contributed by atoms with Crippen LogP contribution >= 0.6 is 11.6 Å². The Labute approximate surface area is 96.8 Å². The highest BCUT2D eigenvalue weighted by atomic mass is 35.5. The number of carbonyl (C=O) groups is 2. The number of nitrogens with two attached hydrogens (primary N) is 1. The van der Waals surface area contributed by atoms with E-state index in [2.05, 4.69) is 0 Å². The lowest BCUT2D eigenvalue weighted by Crippen LogP contribution is -2.10. The number of halogens is 1. The Morgan fingerprint density at radius 3 is 2.75 bits per heavy atom. The summed E-state index contributed by atoms with van der Waals surface area (Å²) in [4.78, 5) is 21.6. The minimum absolute atomic E-state index is 0.132. The van der Waals surface area contributed by atoms with Gasteiger partial charge in [0.2, 0.25) is 0 Å². The molecule has 16 heavy (non-hydrogen) atoms. The number of rotatable bonds is 4. The molecular weight excluding hydrogens is 234 g/mol. The molecule has 0 saturated carbocycles. The second-order valence-corrected chi connectivity index (χ2v) is 3.43. The molecule has 3 N–H and O–H groups in total. The largest absolute Gasteiger partial charge is 0.481 e. The van der Waals surface area contributed by atoms with Gasteiger partial charge < -0.3 is 15.6 Å². The van der Waals surface area contributed by atoms with Crippen molar-refractivity contribution in [3.05, 3.63) is 28.8 Å². The van der Waals surface area contributed by atoms with Gasteiger partial charge in [-0.05, 0) is 18.2 Å². The maximum absolute atomic E-state index is 11.4. The third kappa shape index (κ3) is 3.43. The molecule has 0 radical (unpaired) electrons. The van der Waals surface area contributed by atoms with Crippen LogP contribution in [0.25, 0.3) is 0 Å². The predicted molar refractivity (Wildman–Crippen MR) is 58.4 cm³/mol. The van der Waals surface area contributed by atoms with E-state index < -0.39 is 11.9 Å². The lowest BCUT2D eigenvalue weighted by atomic mass is 10.2. The van der Waals surface area contributed by atoms with Gasteiger partial charge in [0.25, 0.3) is 0 Å². The molecule has 0 aromatic heterocycles. The molecular formula is C10H10ClNO4. The Balaban J connectivity index is 2.65. The fourth-order valence-corrected chi connectivity index (χ4v) is 1.20. The van der Waals surface area contributed by atoms with Crippen LogP contribution in [0.3, 0.4) is 0 Å². The molecule has 0 atom stereocenters. The number of ether oxygens (including phenoxy) is 1. The Morgan fingerprint density at radius 2 is 2.12 bits per heavy atom. The summed E-state index contributed by atoms with van der Waals surface area (Å²) < 4.78 is 4.71. The normalized spacial score (nSPS) is 9.81. The first-order valence-corrected chi connectivity index (χ1v) is 4.82. The van der Waals surface area contributed by atoms with E-state index in [-0.39, 0.29) is 23.6 Å². The highest BCUT2D eigenvalue weighted by Crippen LogP contribution is 2.19. The summed E-state index contributed by atoms with van der Waals surface area (Å²) in [5.74, 6) is -1.72. The smallest absolute Gasteiger partial charge is 0.339 e. The summed E-state index contributed by atoms with van der Waals surface area (Å²) in [6.45, 7) is -0.195. The third-order valence-electron chi connectivity index (χ3n) is 1.76. The summed E-state index contributed by atoms with van der Waals surface area (Å²) in [7, 11) is 0. The maximum atomic E-state index is 11.4. The van der Waals surface area contributed by atoms with Crippen molar-refractivity contribution < 1.29 is 19.4 Å². The van der Waals surface area contributed by atoms with Gasteiger partial charge in [0.05, 0.1) is 17.0 Å². The molecule has 0 saturated heterocycles. The first-order chi connectivity index (χ1) is 7.50. The van der Waals surface area contributed by atoms with E-state index in [1.165, 1.54) is 12.1 Å². The van der Waals surface area contributed by atoms with Crippen molar-refractivity contribution in [3.8, 4) is 0 Å². The molecule has 6 heteroatoms. The number of aliphatic carboxylic acids is 1. The average molecular weight is 244 g/mol. The van der Waals surface area contributed by atoms with Gasteiger partial charge in [-0.25, -0.2) is 4.79 Å². The van der Waals surface area contributed by atoms with E-state index in [1.54, 1.807) is 6.07 Å². The summed E-state index contributed by atoms with van der Waals surface area (Å²) >= 11 is 5.76. The van der Waals surface area contributed by atoms with Gasteiger partial charge in [-0.15, -0.1) is 0 Å². The van der Waals surface area contributed by atoms with Gasteiger partial charge in [-0.2, -0.15) is 0 Å². The third-order valence-corrected chi connectivity index (χ3v) is 2.09. The zero-order valence-electron chi connectivity index (χ0n) is 8.27. The number of carboxylic acid groups (broad SMARTS) is 1. The van der Waals surface area contributed by atoms with Crippen LogP contribution in [0.5, 0.6) is 0 Å². The predicted octanol–water partition coefficient (Wildman–Crippen LogP) is 1.55. The van der Waals surface area contributed by atoms with Crippen LogP contribution in [-0.2, 0) is 9.53 Å². The molecule has 1 rings (SSSR count).